The number of nitrogens with one attached hydrogen (secondary N) is 2. The Morgan fingerprint density at radius 2 is 1.64 bits per heavy atom. The van der Waals surface area contributed by atoms with Crippen LogP contribution in [0.15, 0.2) is 59.5 Å². The largest absolute Gasteiger partial charge is 0.353 e. The first-order valence-electron chi connectivity index (χ1n) is 10.6. The predicted octanol–water partition coefficient (Wildman–Crippen LogP) is 3.57. The molecule has 7 nitrogen and oxygen atoms in total. The van der Waals surface area contributed by atoms with Crippen molar-refractivity contribution in [3.05, 3.63) is 76.2 Å². The molecule has 1 fully saturated rings. The molecule has 172 valence electrons. The third-order valence-corrected chi connectivity index (χ3v) is 5.96. The number of hydrogen-bond donors (Lipinski definition) is 2. The lowest BCUT2D eigenvalue weighted by Gasteiger charge is -2.18. The van der Waals surface area contributed by atoms with Crippen molar-refractivity contribution in [2.24, 2.45) is 0 Å². The number of benzene rings is 2. The molecule has 2 aromatic rings. The second-order valence-corrected chi connectivity index (χ2v) is 9.60. The quantitative estimate of drug-likeness (QED) is 0.610. The van der Waals surface area contributed by atoms with Gasteiger partial charge in [-0.05, 0) is 46.5 Å². The van der Waals surface area contributed by atoms with Gasteiger partial charge in [0.15, 0.2) is 0 Å². The van der Waals surface area contributed by atoms with Gasteiger partial charge in [-0.15, -0.1) is 0 Å². The van der Waals surface area contributed by atoms with Crippen LogP contribution in [0.3, 0.4) is 0 Å². The number of carbonyl (C=O) groups excluding carboxylic acids is 4. The van der Waals surface area contributed by atoms with Gasteiger partial charge in [-0.25, -0.2) is 0 Å². The second-order valence-electron chi connectivity index (χ2n) is 8.60. The Hall–Kier alpha value is -3.39. The lowest BCUT2D eigenvalue weighted by atomic mass is 9.87. The molecule has 1 saturated heterocycles. The van der Waals surface area contributed by atoms with E-state index in [1.807, 2.05) is 24.3 Å². The van der Waals surface area contributed by atoms with Gasteiger partial charge in [0.25, 0.3) is 17.1 Å². The van der Waals surface area contributed by atoms with E-state index in [1.54, 1.807) is 36.4 Å². The van der Waals surface area contributed by atoms with Crippen molar-refractivity contribution >= 4 is 40.8 Å². The Labute approximate surface area is 197 Å². The van der Waals surface area contributed by atoms with Crippen LogP contribution in [0.1, 0.15) is 42.3 Å². The van der Waals surface area contributed by atoms with E-state index in [0.29, 0.717) is 10.5 Å². The maximum Gasteiger partial charge on any atom is 0.293 e. The third-order valence-electron chi connectivity index (χ3n) is 5.05. The van der Waals surface area contributed by atoms with Gasteiger partial charge in [0.05, 0.1) is 11.4 Å². The van der Waals surface area contributed by atoms with Gasteiger partial charge in [0.1, 0.15) is 0 Å². The van der Waals surface area contributed by atoms with Crippen LogP contribution >= 0.6 is 11.8 Å². The standard InChI is InChI=1S/C25H27N3O4S/c1-25(2,3)19-11-9-17(10-12-19)15-20-23(31)28(24(32)33-20)14-13-26-21(29)16-27-22(30)18-7-5-4-6-8-18/h4-12,15H,13-14,16H2,1-3H3,(H,26,29)(H,27,30)/b20-15+. The monoisotopic (exact) mass is 465 g/mol. The van der Waals surface area contributed by atoms with E-state index >= 15 is 0 Å². The van der Waals surface area contributed by atoms with Gasteiger partial charge >= 0.3 is 0 Å². The summed E-state index contributed by atoms with van der Waals surface area (Å²) < 4.78 is 0. The van der Waals surface area contributed by atoms with Crippen molar-refractivity contribution in [3.8, 4) is 0 Å². The Kier molecular flexibility index (Phi) is 7.71. The van der Waals surface area contributed by atoms with Crippen molar-refractivity contribution in [1.82, 2.24) is 15.5 Å². The summed E-state index contributed by atoms with van der Waals surface area (Å²) in [6.07, 6.45) is 1.70. The lowest BCUT2D eigenvalue weighted by molar-refractivity contribution is -0.124. The van der Waals surface area contributed by atoms with Crippen LogP contribution in [-0.4, -0.2) is 47.5 Å². The fraction of sp³-hybridized carbons (Fsp3) is 0.280. The van der Waals surface area contributed by atoms with Crippen LogP contribution in [0.4, 0.5) is 4.79 Å². The first-order valence-corrected chi connectivity index (χ1v) is 11.4. The maximum atomic E-state index is 12.6. The molecule has 3 rings (SSSR count). The van der Waals surface area contributed by atoms with E-state index in [0.717, 1.165) is 22.2 Å². The zero-order valence-electron chi connectivity index (χ0n) is 18.9. The highest BCUT2D eigenvalue weighted by molar-refractivity contribution is 8.18. The molecule has 1 aliphatic heterocycles. The third kappa shape index (κ3) is 6.55. The number of thioether (sulfide) groups is 1. The molecular formula is C25H27N3O4S. The fourth-order valence-electron chi connectivity index (χ4n) is 3.15. The zero-order chi connectivity index (χ0) is 24.0. The number of hydrogen-bond acceptors (Lipinski definition) is 5. The molecule has 0 aliphatic carbocycles. The van der Waals surface area contributed by atoms with Gasteiger partial charge in [-0.1, -0.05) is 63.2 Å². The van der Waals surface area contributed by atoms with E-state index in [2.05, 4.69) is 31.4 Å². The van der Waals surface area contributed by atoms with Crippen molar-refractivity contribution in [2.45, 2.75) is 26.2 Å². The van der Waals surface area contributed by atoms with Crippen molar-refractivity contribution in [3.63, 3.8) is 0 Å². The minimum absolute atomic E-state index is 0.0329. The lowest BCUT2D eigenvalue weighted by Crippen LogP contribution is -2.41. The number of rotatable bonds is 7. The highest BCUT2D eigenvalue weighted by atomic mass is 32.2. The van der Waals surface area contributed by atoms with E-state index in [-0.39, 0.29) is 42.1 Å². The van der Waals surface area contributed by atoms with Crippen LogP contribution in [0, 0.1) is 0 Å². The second kappa shape index (κ2) is 10.5. The summed E-state index contributed by atoms with van der Waals surface area (Å²) in [5.41, 5.74) is 2.52. The van der Waals surface area contributed by atoms with Crippen molar-refractivity contribution in [2.75, 3.05) is 19.6 Å². The molecule has 4 amide bonds. The first-order chi connectivity index (χ1) is 15.6. The highest BCUT2D eigenvalue weighted by Gasteiger charge is 2.34. The van der Waals surface area contributed by atoms with Crippen LogP contribution in [0.25, 0.3) is 6.08 Å². The molecule has 0 radical (unpaired) electrons. The van der Waals surface area contributed by atoms with Crippen molar-refractivity contribution < 1.29 is 19.2 Å². The average molecular weight is 466 g/mol. The summed E-state index contributed by atoms with van der Waals surface area (Å²) in [6.45, 7) is 6.35. The molecular weight excluding hydrogens is 438 g/mol. The molecule has 1 heterocycles. The van der Waals surface area contributed by atoms with Crippen LogP contribution in [0.5, 0.6) is 0 Å². The van der Waals surface area contributed by atoms with Gasteiger partial charge in [0, 0.05) is 18.7 Å². The minimum Gasteiger partial charge on any atom is -0.353 e. The van der Waals surface area contributed by atoms with E-state index in [9.17, 15) is 19.2 Å². The fourth-order valence-corrected chi connectivity index (χ4v) is 4.01. The van der Waals surface area contributed by atoms with Gasteiger partial charge < -0.3 is 10.6 Å². The molecule has 0 unspecified atom stereocenters. The summed E-state index contributed by atoms with van der Waals surface area (Å²) in [6, 6.07) is 16.5. The van der Waals surface area contributed by atoms with Crippen LogP contribution in [0.2, 0.25) is 0 Å². The Balaban J connectivity index is 1.48. The summed E-state index contributed by atoms with van der Waals surface area (Å²) in [5.74, 6) is -1.13. The van der Waals surface area contributed by atoms with Crippen LogP contribution in [-0.2, 0) is 15.0 Å². The summed E-state index contributed by atoms with van der Waals surface area (Å²) in [7, 11) is 0. The first kappa shape index (κ1) is 24.3. The average Bonchev–Trinajstić information content (AvgIpc) is 3.05. The molecule has 2 aromatic carbocycles. The Morgan fingerprint density at radius 3 is 2.27 bits per heavy atom. The summed E-state index contributed by atoms with van der Waals surface area (Å²) >= 11 is 0.886. The minimum atomic E-state index is -0.402. The number of carbonyl (C=O) groups is 4. The molecule has 33 heavy (non-hydrogen) atoms. The number of amides is 4. The molecule has 1 aliphatic rings. The van der Waals surface area contributed by atoms with Gasteiger partial charge in [-0.2, -0.15) is 0 Å². The van der Waals surface area contributed by atoms with E-state index in [4.69, 9.17) is 0 Å². The highest BCUT2D eigenvalue weighted by Crippen LogP contribution is 2.32. The van der Waals surface area contributed by atoms with Crippen molar-refractivity contribution in [1.29, 1.82) is 0 Å². The summed E-state index contributed by atoms with van der Waals surface area (Å²) in [4.78, 5) is 50.3. The molecule has 0 aromatic heterocycles. The smallest absolute Gasteiger partial charge is 0.293 e. The molecule has 0 saturated carbocycles. The van der Waals surface area contributed by atoms with E-state index in [1.165, 1.54) is 5.56 Å². The Morgan fingerprint density at radius 1 is 0.970 bits per heavy atom. The van der Waals surface area contributed by atoms with Crippen LogP contribution < -0.4 is 10.6 Å². The van der Waals surface area contributed by atoms with Gasteiger partial charge in [0.2, 0.25) is 5.91 Å². The van der Waals surface area contributed by atoms with Gasteiger partial charge in [-0.3, -0.25) is 24.1 Å². The molecule has 8 heteroatoms. The SMILES string of the molecule is CC(C)(C)c1ccc(/C=C2/SC(=O)N(CCNC(=O)CNC(=O)c3ccccc3)C2=O)cc1. The molecule has 0 atom stereocenters. The predicted molar refractivity (Wildman–Crippen MR) is 130 cm³/mol. The number of imide groups is 1. The molecule has 0 bridgehead atoms. The van der Waals surface area contributed by atoms with E-state index < -0.39 is 5.91 Å². The maximum absolute atomic E-state index is 12.6. The normalized spacial score (nSPS) is 15.1. The molecule has 0 spiro atoms. The molecule has 2 N–H and O–H groups in total. The zero-order valence-corrected chi connectivity index (χ0v) is 19.7. The Bertz CT molecular complexity index is 1070. The number of nitrogens with zero attached hydrogens (tertiary/aromatic N) is 1. The topological polar surface area (TPSA) is 95.6 Å². The summed E-state index contributed by atoms with van der Waals surface area (Å²) in [5, 5.41) is 4.77.